The highest BCUT2D eigenvalue weighted by molar-refractivity contribution is 5.71. The smallest absolute Gasteiger partial charge is 0.319 e. The first-order valence-electron chi connectivity index (χ1n) is 4.85. The van der Waals surface area contributed by atoms with Crippen molar-refractivity contribution in [2.45, 2.75) is 6.42 Å². The molecule has 0 radical (unpaired) electrons. The van der Waals surface area contributed by atoms with Crippen molar-refractivity contribution < 1.29 is 18.3 Å². The number of halogens is 2. The third-order valence-corrected chi connectivity index (χ3v) is 2.08. The van der Waals surface area contributed by atoms with Crippen LogP contribution in [0.1, 0.15) is 5.56 Å². The van der Waals surface area contributed by atoms with Crippen molar-refractivity contribution in [3.63, 3.8) is 0 Å². The van der Waals surface area contributed by atoms with Gasteiger partial charge in [-0.25, -0.2) is 8.78 Å². The SMILES string of the molecule is COC(=O)CNCCc1cc(F)ccc1F. The molecule has 0 bridgehead atoms. The summed E-state index contributed by atoms with van der Waals surface area (Å²) in [6.45, 7) is 0.447. The first-order valence-corrected chi connectivity index (χ1v) is 4.85. The zero-order chi connectivity index (χ0) is 12.0. The van der Waals surface area contributed by atoms with Crippen molar-refractivity contribution >= 4 is 5.97 Å². The molecule has 1 aromatic rings. The Morgan fingerprint density at radius 1 is 1.44 bits per heavy atom. The van der Waals surface area contributed by atoms with Crippen LogP contribution >= 0.6 is 0 Å². The lowest BCUT2D eigenvalue weighted by Gasteiger charge is -2.04. The van der Waals surface area contributed by atoms with E-state index in [0.29, 0.717) is 13.0 Å². The molecule has 1 rings (SSSR count). The van der Waals surface area contributed by atoms with Gasteiger partial charge in [0.25, 0.3) is 0 Å². The highest BCUT2D eigenvalue weighted by Crippen LogP contribution is 2.09. The highest BCUT2D eigenvalue weighted by Gasteiger charge is 2.04. The van der Waals surface area contributed by atoms with Crippen molar-refractivity contribution in [3.05, 3.63) is 35.4 Å². The summed E-state index contributed by atoms with van der Waals surface area (Å²) in [6, 6.07) is 3.31. The lowest BCUT2D eigenvalue weighted by atomic mass is 10.1. The number of hydrogen-bond acceptors (Lipinski definition) is 3. The van der Waals surface area contributed by atoms with Gasteiger partial charge in [0, 0.05) is 0 Å². The molecule has 0 aliphatic heterocycles. The first kappa shape index (κ1) is 12.6. The van der Waals surface area contributed by atoms with Crippen LogP contribution in [0, 0.1) is 11.6 Å². The van der Waals surface area contributed by atoms with Gasteiger partial charge in [0.2, 0.25) is 0 Å². The highest BCUT2D eigenvalue weighted by atomic mass is 19.1. The van der Waals surface area contributed by atoms with Gasteiger partial charge >= 0.3 is 5.97 Å². The van der Waals surface area contributed by atoms with Crippen LogP contribution in [0.15, 0.2) is 18.2 Å². The van der Waals surface area contributed by atoms with Gasteiger partial charge < -0.3 is 10.1 Å². The number of rotatable bonds is 5. The number of esters is 1. The molecule has 0 fully saturated rings. The third-order valence-electron chi connectivity index (χ3n) is 2.08. The van der Waals surface area contributed by atoms with E-state index in [1.807, 2.05) is 0 Å². The molecule has 0 spiro atoms. The van der Waals surface area contributed by atoms with Gasteiger partial charge in [-0.05, 0) is 36.7 Å². The minimum Gasteiger partial charge on any atom is -0.468 e. The molecule has 0 atom stereocenters. The van der Waals surface area contributed by atoms with Crippen LogP contribution in [-0.2, 0) is 16.0 Å². The average Bonchev–Trinajstić information content (AvgIpc) is 2.28. The molecule has 0 saturated carbocycles. The average molecular weight is 229 g/mol. The van der Waals surface area contributed by atoms with Gasteiger partial charge in [-0.1, -0.05) is 0 Å². The van der Waals surface area contributed by atoms with Gasteiger partial charge in [0.05, 0.1) is 13.7 Å². The molecule has 0 saturated heterocycles. The third kappa shape index (κ3) is 3.94. The molecule has 1 aromatic carbocycles. The second kappa shape index (κ2) is 6.17. The molecule has 0 aromatic heterocycles. The van der Waals surface area contributed by atoms with Gasteiger partial charge in [-0.3, -0.25) is 4.79 Å². The maximum absolute atomic E-state index is 13.1. The van der Waals surface area contributed by atoms with Crippen LogP contribution in [0.2, 0.25) is 0 Å². The Kier molecular flexibility index (Phi) is 4.85. The van der Waals surface area contributed by atoms with Gasteiger partial charge in [0.15, 0.2) is 0 Å². The topological polar surface area (TPSA) is 38.3 Å². The van der Waals surface area contributed by atoms with Crippen LogP contribution in [0.4, 0.5) is 8.78 Å². The van der Waals surface area contributed by atoms with Crippen molar-refractivity contribution in [2.24, 2.45) is 0 Å². The number of methoxy groups -OCH3 is 1. The minimum absolute atomic E-state index is 0.0629. The predicted molar refractivity (Wildman–Crippen MR) is 54.9 cm³/mol. The molecule has 88 valence electrons. The molecule has 3 nitrogen and oxygen atoms in total. The predicted octanol–water partition coefficient (Wildman–Crippen LogP) is 1.27. The van der Waals surface area contributed by atoms with E-state index in [1.165, 1.54) is 7.11 Å². The summed E-state index contributed by atoms with van der Waals surface area (Å²) in [5.41, 5.74) is 0.289. The Balaban J connectivity index is 2.37. The summed E-state index contributed by atoms with van der Waals surface area (Å²) in [5.74, 6) is -1.30. The molecule has 0 unspecified atom stereocenters. The fraction of sp³-hybridized carbons (Fsp3) is 0.364. The lowest BCUT2D eigenvalue weighted by Crippen LogP contribution is -2.26. The van der Waals surface area contributed by atoms with Crippen LogP contribution in [0.3, 0.4) is 0 Å². The summed E-state index contributed by atoms with van der Waals surface area (Å²) in [7, 11) is 1.29. The van der Waals surface area contributed by atoms with Crippen molar-refractivity contribution in [1.29, 1.82) is 0 Å². The number of carbonyl (C=O) groups excluding carboxylic acids is 1. The Hall–Kier alpha value is -1.49. The summed E-state index contributed by atoms with van der Waals surface area (Å²) < 4.78 is 30.3. The zero-order valence-corrected chi connectivity index (χ0v) is 8.93. The van der Waals surface area contributed by atoms with Crippen molar-refractivity contribution in [1.82, 2.24) is 5.32 Å². The van der Waals surface area contributed by atoms with Crippen LogP contribution in [0.25, 0.3) is 0 Å². The van der Waals surface area contributed by atoms with Crippen LogP contribution < -0.4 is 5.32 Å². The lowest BCUT2D eigenvalue weighted by molar-refractivity contribution is -0.139. The molecular formula is C11H13F2NO2. The summed E-state index contributed by atoms with van der Waals surface area (Å²) in [6.07, 6.45) is 0.320. The fourth-order valence-electron chi connectivity index (χ4n) is 1.22. The van der Waals surface area contributed by atoms with E-state index < -0.39 is 11.6 Å². The Labute approximate surface area is 92.4 Å². The van der Waals surface area contributed by atoms with E-state index in [2.05, 4.69) is 10.1 Å². The molecule has 0 aliphatic rings. The first-order chi connectivity index (χ1) is 7.63. The second-order valence-corrected chi connectivity index (χ2v) is 3.24. The molecule has 0 aliphatic carbocycles. The van der Waals surface area contributed by atoms with E-state index in [-0.39, 0.29) is 18.1 Å². The van der Waals surface area contributed by atoms with Gasteiger partial charge in [-0.2, -0.15) is 0 Å². The van der Waals surface area contributed by atoms with E-state index >= 15 is 0 Å². The number of benzene rings is 1. The molecule has 0 amide bonds. The quantitative estimate of drug-likeness (QED) is 0.610. The summed E-state index contributed by atoms with van der Waals surface area (Å²) in [4.78, 5) is 10.7. The van der Waals surface area contributed by atoms with Gasteiger partial charge in [-0.15, -0.1) is 0 Å². The maximum Gasteiger partial charge on any atom is 0.319 e. The van der Waals surface area contributed by atoms with Crippen LogP contribution in [0.5, 0.6) is 0 Å². The standard InChI is InChI=1S/C11H13F2NO2/c1-16-11(15)7-14-5-4-8-6-9(12)2-3-10(8)13/h2-3,6,14H,4-5,7H2,1H3. The monoisotopic (exact) mass is 229 g/mol. The largest absolute Gasteiger partial charge is 0.468 e. The summed E-state index contributed by atoms with van der Waals surface area (Å²) >= 11 is 0. The fourth-order valence-corrected chi connectivity index (χ4v) is 1.22. The molecule has 5 heteroatoms. The minimum atomic E-state index is -0.468. The zero-order valence-electron chi connectivity index (χ0n) is 8.93. The molecular weight excluding hydrogens is 216 g/mol. The van der Waals surface area contributed by atoms with E-state index in [1.54, 1.807) is 0 Å². The van der Waals surface area contributed by atoms with Crippen LogP contribution in [-0.4, -0.2) is 26.2 Å². The normalized spacial score (nSPS) is 10.2. The van der Waals surface area contributed by atoms with Crippen molar-refractivity contribution in [2.75, 3.05) is 20.2 Å². The summed E-state index contributed by atoms with van der Waals surface area (Å²) in [5, 5.41) is 2.77. The van der Waals surface area contributed by atoms with Crippen molar-refractivity contribution in [3.8, 4) is 0 Å². The number of hydrogen-bond donors (Lipinski definition) is 1. The Morgan fingerprint density at radius 2 is 2.19 bits per heavy atom. The van der Waals surface area contributed by atoms with E-state index in [0.717, 1.165) is 18.2 Å². The number of carbonyl (C=O) groups is 1. The number of nitrogens with one attached hydrogen (secondary N) is 1. The maximum atomic E-state index is 13.1. The van der Waals surface area contributed by atoms with E-state index in [9.17, 15) is 13.6 Å². The van der Waals surface area contributed by atoms with E-state index in [4.69, 9.17) is 0 Å². The molecule has 0 heterocycles. The molecule has 1 N–H and O–H groups in total. The second-order valence-electron chi connectivity index (χ2n) is 3.24. The Bertz CT molecular complexity index is 369. The Morgan fingerprint density at radius 3 is 2.88 bits per heavy atom. The van der Waals surface area contributed by atoms with Gasteiger partial charge in [0.1, 0.15) is 11.6 Å². The number of ether oxygens (including phenoxy) is 1. The molecule has 16 heavy (non-hydrogen) atoms.